The molecule has 2 aromatic carbocycles. The van der Waals surface area contributed by atoms with Gasteiger partial charge < -0.3 is 10.5 Å². The predicted molar refractivity (Wildman–Crippen MR) is 93.2 cm³/mol. The minimum atomic E-state index is -0.0410. The lowest BCUT2D eigenvalue weighted by molar-refractivity contribution is 0.304. The van der Waals surface area contributed by atoms with Crippen LogP contribution in [0.3, 0.4) is 0 Å². The molecule has 0 saturated carbocycles. The summed E-state index contributed by atoms with van der Waals surface area (Å²) in [5.41, 5.74) is 7.64. The number of amidine groups is 1. The topological polar surface area (TPSA) is 103 Å². The zero-order valence-electron chi connectivity index (χ0n) is 12.4. The van der Waals surface area contributed by atoms with Gasteiger partial charge in [-0.15, -0.1) is 17.5 Å². The van der Waals surface area contributed by atoms with E-state index < -0.39 is 0 Å². The number of hydrogen-bond acceptors (Lipinski definition) is 5. The van der Waals surface area contributed by atoms with Crippen LogP contribution in [-0.4, -0.2) is 26.0 Å². The molecule has 0 aliphatic carbocycles. The van der Waals surface area contributed by atoms with Gasteiger partial charge in [-0.2, -0.15) is 4.68 Å². The van der Waals surface area contributed by atoms with Gasteiger partial charge in [0, 0.05) is 10.6 Å². The molecule has 0 unspecified atom stereocenters. The van der Waals surface area contributed by atoms with Crippen molar-refractivity contribution in [3.05, 3.63) is 64.9 Å². The van der Waals surface area contributed by atoms with E-state index in [1.54, 1.807) is 24.3 Å². The quantitative estimate of drug-likeness (QED) is 0.534. The van der Waals surface area contributed by atoms with Crippen LogP contribution >= 0.6 is 24.0 Å². The van der Waals surface area contributed by atoms with Crippen LogP contribution in [0.1, 0.15) is 11.1 Å². The molecule has 0 aliphatic heterocycles. The zero-order chi connectivity index (χ0) is 16.2. The lowest BCUT2D eigenvalue weighted by Gasteiger charge is -2.12. The molecule has 9 heteroatoms. The Morgan fingerprint density at radius 2 is 2.08 bits per heavy atom. The van der Waals surface area contributed by atoms with Gasteiger partial charge in [0.1, 0.15) is 30.2 Å². The summed E-state index contributed by atoms with van der Waals surface area (Å²) in [6, 6.07) is 12.6. The molecular weight excluding hydrogens is 351 g/mol. The minimum absolute atomic E-state index is 0. The largest absolute Gasteiger partial charge is 0.487 e. The smallest absolute Gasteiger partial charge is 0.145 e. The predicted octanol–water partition coefficient (Wildman–Crippen LogP) is 2.60. The summed E-state index contributed by atoms with van der Waals surface area (Å²) in [5.74, 6) is 0.531. The highest BCUT2D eigenvalue weighted by Crippen LogP contribution is 2.24. The molecule has 0 bridgehead atoms. The van der Waals surface area contributed by atoms with Gasteiger partial charge in [0.25, 0.3) is 0 Å². The van der Waals surface area contributed by atoms with Crippen molar-refractivity contribution in [2.75, 3.05) is 0 Å². The van der Waals surface area contributed by atoms with Crippen molar-refractivity contribution < 1.29 is 4.74 Å². The Balaban J connectivity index is 0.00000208. The van der Waals surface area contributed by atoms with Gasteiger partial charge in [-0.25, -0.2) is 0 Å². The molecular formula is C15H14Cl2N6O. The average molecular weight is 365 g/mol. The molecule has 0 amide bonds. The first-order valence-corrected chi connectivity index (χ1v) is 7.10. The highest BCUT2D eigenvalue weighted by atomic mass is 35.5. The van der Waals surface area contributed by atoms with Gasteiger partial charge in [0.15, 0.2) is 0 Å². The van der Waals surface area contributed by atoms with Crippen LogP contribution < -0.4 is 10.5 Å². The molecule has 3 aromatic rings. The van der Waals surface area contributed by atoms with Crippen molar-refractivity contribution in [1.82, 2.24) is 20.2 Å². The van der Waals surface area contributed by atoms with Crippen LogP contribution in [0.2, 0.25) is 5.02 Å². The van der Waals surface area contributed by atoms with Gasteiger partial charge in [-0.3, -0.25) is 5.41 Å². The van der Waals surface area contributed by atoms with Gasteiger partial charge in [-0.05, 0) is 46.3 Å². The van der Waals surface area contributed by atoms with E-state index in [-0.39, 0.29) is 18.2 Å². The number of nitrogen functional groups attached to an aromatic ring is 1. The maximum Gasteiger partial charge on any atom is 0.145 e. The van der Waals surface area contributed by atoms with Crippen LogP contribution in [-0.2, 0) is 6.61 Å². The monoisotopic (exact) mass is 364 g/mol. The van der Waals surface area contributed by atoms with Crippen molar-refractivity contribution in [3.8, 4) is 11.4 Å². The van der Waals surface area contributed by atoms with Crippen LogP contribution in [0, 0.1) is 5.41 Å². The Kier molecular flexibility index (Phi) is 5.73. The van der Waals surface area contributed by atoms with Crippen molar-refractivity contribution in [3.63, 3.8) is 0 Å². The van der Waals surface area contributed by atoms with Crippen molar-refractivity contribution >= 4 is 29.8 Å². The molecule has 0 spiro atoms. The minimum Gasteiger partial charge on any atom is -0.487 e. The standard InChI is InChI=1S/C15H13ClN6O.ClH/c16-12-3-1-2-10(6-12)8-23-14-5-4-11(15(17)18)7-13(14)22-9-19-20-21-22;/h1-7,9H,8H2,(H3,17,18);1H. The number of benzene rings is 2. The number of tetrazole rings is 1. The van der Waals surface area contributed by atoms with Gasteiger partial charge in [0.2, 0.25) is 0 Å². The first-order chi connectivity index (χ1) is 11.1. The Hall–Kier alpha value is -2.64. The summed E-state index contributed by atoms with van der Waals surface area (Å²) in [6.45, 7) is 0.342. The number of halogens is 2. The highest BCUT2D eigenvalue weighted by molar-refractivity contribution is 6.30. The SMILES string of the molecule is Cl.N=C(N)c1ccc(OCc2cccc(Cl)c2)c(-n2cnnn2)c1. The number of ether oxygens (including phenoxy) is 1. The van der Waals surface area contributed by atoms with Crippen LogP contribution in [0.5, 0.6) is 5.75 Å². The van der Waals surface area contributed by atoms with Crippen LogP contribution in [0.25, 0.3) is 5.69 Å². The normalized spacial score (nSPS) is 10.0. The van der Waals surface area contributed by atoms with E-state index in [9.17, 15) is 0 Å². The molecule has 24 heavy (non-hydrogen) atoms. The van der Waals surface area contributed by atoms with E-state index in [2.05, 4.69) is 15.5 Å². The van der Waals surface area contributed by atoms with E-state index in [4.69, 9.17) is 27.5 Å². The molecule has 0 atom stereocenters. The van der Waals surface area contributed by atoms with E-state index in [1.807, 2.05) is 18.2 Å². The van der Waals surface area contributed by atoms with E-state index in [0.29, 0.717) is 28.6 Å². The summed E-state index contributed by atoms with van der Waals surface area (Å²) >= 11 is 5.97. The Bertz CT molecular complexity index is 838. The summed E-state index contributed by atoms with van der Waals surface area (Å²) in [6.07, 6.45) is 1.45. The lowest BCUT2D eigenvalue weighted by atomic mass is 10.1. The first kappa shape index (κ1) is 17.7. The fourth-order valence-electron chi connectivity index (χ4n) is 2.05. The molecule has 0 aliphatic rings. The molecule has 0 saturated heterocycles. The summed E-state index contributed by atoms with van der Waals surface area (Å²) in [4.78, 5) is 0. The molecule has 0 fully saturated rings. The third-order valence-corrected chi connectivity index (χ3v) is 3.38. The Morgan fingerprint density at radius 1 is 1.25 bits per heavy atom. The van der Waals surface area contributed by atoms with Crippen molar-refractivity contribution in [2.24, 2.45) is 5.73 Å². The third kappa shape index (κ3) is 4.01. The highest BCUT2D eigenvalue weighted by Gasteiger charge is 2.10. The van der Waals surface area contributed by atoms with E-state index >= 15 is 0 Å². The molecule has 3 N–H and O–H groups in total. The molecule has 124 valence electrons. The summed E-state index contributed by atoms with van der Waals surface area (Å²) in [5, 5.41) is 19.3. The first-order valence-electron chi connectivity index (χ1n) is 6.72. The van der Waals surface area contributed by atoms with Gasteiger partial charge >= 0.3 is 0 Å². The van der Waals surface area contributed by atoms with Gasteiger partial charge in [-0.1, -0.05) is 23.7 Å². The maximum atomic E-state index is 7.55. The number of rotatable bonds is 5. The van der Waals surface area contributed by atoms with Gasteiger partial charge in [0.05, 0.1) is 0 Å². The Labute approximate surface area is 149 Å². The molecule has 1 aromatic heterocycles. The number of nitrogens with one attached hydrogen (secondary N) is 1. The lowest BCUT2D eigenvalue weighted by Crippen LogP contribution is -2.12. The van der Waals surface area contributed by atoms with E-state index in [1.165, 1.54) is 11.0 Å². The second-order valence-electron chi connectivity index (χ2n) is 4.77. The third-order valence-electron chi connectivity index (χ3n) is 3.15. The number of nitrogens with zero attached hydrogens (tertiary/aromatic N) is 4. The van der Waals surface area contributed by atoms with E-state index in [0.717, 1.165) is 5.56 Å². The molecule has 1 heterocycles. The van der Waals surface area contributed by atoms with Crippen LogP contribution in [0.4, 0.5) is 0 Å². The number of nitrogens with two attached hydrogens (primary N) is 1. The average Bonchev–Trinajstić information content (AvgIpc) is 3.07. The second kappa shape index (κ2) is 7.76. The fourth-order valence-corrected chi connectivity index (χ4v) is 2.26. The fraction of sp³-hybridized carbons (Fsp3) is 0.0667. The number of hydrogen-bond donors (Lipinski definition) is 2. The molecule has 0 radical (unpaired) electrons. The number of aromatic nitrogens is 4. The van der Waals surface area contributed by atoms with Crippen molar-refractivity contribution in [1.29, 1.82) is 5.41 Å². The van der Waals surface area contributed by atoms with Crippen LogP contribution in [0.15, 0.2) is 48.8 Å². The molecule has 7 nitrogen and oxygen atoms in total. The second-order valence-corrected chi connectivity index (χ2v) is 5.21. The maximum absolute atomic E-state index is 7.55. The Morgan fingerprint density at radius 3 is 2.75 bits per heavy atom. The van der Waals surface area contributed by atoms with Crippen molar-refractivity contribution in [2.45, 2.75) is 6.61 Å². The summed E-state index contributed by atoms with van der Waals surface area (Å²) in [7, 11) is 0. The molecule has 3 rings (SSSR count). The zero-order valence-corrected chi connectivity index (χ0v) is 14.0. The summed E-state index contributed by atoms with van der Waals surface area (Å²) < 4.78 is 7.31.